The summed E-state index contributed by atoms with van der Waals surface area (Å²) >= 11 is 0. The zero-order chi connectivity index (χ0) is 24.4. The maximum atomic E-state index is 14.7. The van der Waals surface area contributed by atoms with Gasteiger partial charge in [-0.05, 0) is 45.4 Å². The smallest absolute Gasteiger partial charge is 0.324 e. The number of nitrogens with one attached hydrogen (secondary N) is 1. The number of carbonyl (C=O) groups is 1. The fourth-order valence-corrected chi connectivity index (χ4v) is 3.88. The summed E-state index contributed by atoms with van der Waals surface area (Å²) in [7, 11) is 1.50. The van der Waals surface area contributed by atoms with Gasteiger partial charge in [0, 0.05) is 18.5 Å². The molecular formula is C24H31F2N3O4. The van der Waals surface area contributed by atoms with Gasteiger partial charge in [0.15, 0.2) is 5.69 Å². The Morgan fingerprint density at radius 1 is 1.27 bits per heavy atom. The van der Waals surface area contributed by atoms with E-state index in [9.17, 15) is 13.6 Å². The highest BCUT2D eigenvalue weighted by Crippen LogP contribution is 2.37. The predicted molar refractivity (Wildman–Crippen MR) is 121 cm³/mol. The lowest BCUT2D eigenvalue weighted by Gasteiger charge is -2.27. The van der Waals surface area contributed by atoms with E-state index in [2.05, 4.69) is 21.9 Å². The Morgan fingerprint density at radius 2 is 2.00 bits per heavy atom. The first-order valence-electron chi connectivity index (χ1n) is 11.0. The second-order valence-corrected chi connectivity index (χ2v) is 9.09. The van der Waals surface area contributed by atoms with Gasteiger partial charge >= 0.3 is 11.9 Å². The van der Waals surface area contributed by atoms with E-state index >= 15 is 0 Å². The summed E-state index contributed by atoms with van der Waals surface area (Å²) in [5.74, 6) is -3.90. The van der Waals surface area contributed by atoms with Gasteiger partial charge in [0.1, 0.15) is 23.5 Å². The van der Waals surface area contributed by atoms with E-state index in [4.69, 9.17) is 14.2 Å². The second-order valence-electron chi connectivity index (χ2n) is 9.09. The van der Waals surface area contributed by atoms with Gasteiger partial charge < -0.3 is 19.5 Å². The topological polar surface area (TPSA) is 82.6 Å². The van der Waals surface area contributed by atoms with Crippen molar-refractivity contribution in [1.29, 1.82) is 0 Å². The first-order valence-corrected chi connectivity index (χ1v) is 11.0. The summed E-state index contributed by atoms with van der Waals surface area (Å²) in [6.45, 7) is 10.9. The number of fused-ring (bicyclic) bond motifs is 1. The van der Waals surface area contributed by atoms with Crippen LogP contribution < -0.4 is 14.8 Å². The molecule has 1 aromatic heterocycles. The highest BCUT2D eigenvalue weighted by Gasteiger charge is 2.44. The fraction of sp³-hybridized carbons (Fsp3) is 0.542. The molecule has 1 saturated heterocycles. The lowest BCUT2D eigenvalue weighted by atomic mass is 9.93. The Labute approximate surface area is 192 Å². The van der Waals surface area contributed by atoms with E-state index in [0.717, 1.165) is 6.42 Å². The third-order valence-corrected chi connectivity index (χ3v) is 5.40. The minimum atomic E-state index is -3.45. The van der Waals surface area contributed by atoms with Gasteiger partial charge in [0.25, 0.3) is 0 Å². The Bertz CT molecular complexity index is 1020. The molecule has 1 aromatic carbocycles. The predicted octanol–water partition coefficient (Wildman–Crippen LogP) is 4.39. The third kappa shape index (κ3) is 5.58. The number of halogens is 2. The fourth-order valence-electron chi connectivity index (χ4n) is 3.88. The standard InChI is InChI=1S/C24H31F2N3O4/c1-7-9-15-18(13-27-19(15)22(30)33-23(3,4)5)32-21-20(24(25,26)8-2)28-16-11-10-14(31-6)12-17(16)29-21/h8,10-12,15,18-19,27H,2,7,9,13H2,1,3-6H3/t15-,18+,19+/m1/s1. The maximum absolute atomic E-state index is 14.7. The Kier molecular flexibility index (Phi) is 7.21. The third-order valence-electron chi connectivity index (χ3n) is 5.40. The first kappa shape index (κ1) is 24.8. The number of methoxy groups -OCH3 is 1. The molecule has 0 spiro atoms. The zero-order valence-corrected chi connectivity index (χ0v) is 19.7. The molecule has 0 unspecified atom stereocenters. The number of nitrogens with zero attached hydrogens (tertiary/aromatic N) is 2. The van der Waals surface area contributed by atoms with E-state index in [-0.39, 0.29) is 23.9 Å². The molecule has 1 aliphatic heterocycles. The van der Waals surface area contributed by atoms with E-state index < -0.39 is 35.3 Å². The monoisotopic (exact) mass is 463 g/mol. The van der Waals surface area contributed by atoms with Crippen LogP contribution in [0, 0.1) is 5.92 Å². The molecule has 2 heterocycles. The molecule has 33 heavy (non-hydrogen) atoms. The van der Waals surface area contributed by atoms with E-state index in [1.54, 1.807) is 39.0 Å². The van der Waals surface area contributed by atoms with E-state index in [0.29, 0.717) is 23.8 Å². The van der Waals surface area contributed by atoms with Crippen LogP contribution in [0.4, 0.5) is 8.78 Å². The molecule has 1 fully saturated rings. The first-order chi connectivity index (χ1) is 15.5. The SMILES string of the molecule is C=CC(F)(F)c1nc2ccc(OC)cc2nc1O[C@H]1CN[C@H](C(=O)OC(C)(C)C)[C@@H]1CCC. The molecule has 0 saturated carbocycles. The van der Waals surface area contributed by atoms with Crippen LogP contribution in [-0.4, -0.2) is 47.3 Å². The number of rotatable bonds is 8. The van der Waals surface area contributed by atoms with Crippen molar-refractivity contribution in [3.63, 3.8) is 0 Å². The lowest BCUT2D eigenvalue weighted by molar-refractivity contribution is -0.158. The minimum absolute atomic E-state index is 0.279. The van der Waals surface area contributed by atoms with Gasteiger partial charge in [0.2, 0.25) is 5.88 Å². The van der Waals surface area contributed by atoms with Gasteiger partial charge in [-0.15, -0.1) is 0 Å². The van der Waals surface area contributed by atoms with Gasteiger partial charge in [-0.2, -0.15) is 8.78 Å². The average molecular weight is 464 g/mol. The number of hydrogen-bond acceptors (Lipinski definition) is 7. The molecule has 1 N–H and O–H groups in total. The molecule has 2 aromatic rings. The molecule has 9 heteroatoms. The van der Waals surface area contributed by atoms with Crippen LogP contribution in [-0.2, 0) is 15.5 Å². The molecule has 0 radical (unpaired) electrons. The van der Waals surface area contributed by atoms with Crippen LogP contribution in [0.2, 0.25) is 0 Å². The van der Waals surface area contributed by atoms with E-state index in [1.165, 1.54) is 7.11 Å². The molecule has 1 aliphatic rings. The van der Waals surface area contributed by atoms with Crippen LogP contribution in [0.1, 0.15) is 46.2 Å². The Hall–Kier alpha value is -2.81. The molecule has 0 bridgehead atoms. The Balaban J connectivity index is 1.98. The number of benzene rings is 1. The molecule has 0 amide bonds. The van der Waals surface area contributed by atoms with Crippen molar-refractivity contribution in [2.45, 2.75) is 64.2 Å². The highest BCUT2D eigenvalue weighted by molar-refractivity contribution is 5.78. The second kappa shape index (κ2) is 9.59. The summed E-state index contributed by atoms with van der Waals surface area (Å²) in [4.78, 5) is 21.2. The van der Waals surface area contributed by atoms with Gasteiger partial charge in [-0.1, -0.05) is 19.9 Å². The van der Waals surface area contributed by atoms with Crippen molar-refractivity contribution in [3.8, 4) is 11.6 Å². The van der Waals surface area contributed by atoms with Crippen LogP contribution in [0.3, 0.4) is 0 Å². The quantitative estimate of drug-likeness (QED) is 0.459. The summed E-state index contributed by atoms with van der Waals surface area (Å²) in [5.41, 5.74) is -0.627. The number of ether oxygens (including phenoxy) is 3. The molecular weight excluding hydrogens is 432 g/mol. The highest BCUT2D eigenvalue weighted by atomic mass is 19.3. The number of alkyl halides is 2. The van der Waals surface area contributed by atoms with E-state index in [1.807, 2.05) is 6.92 Å². The molecule has 3 atom stereocenters. The van der Waals surface area contributed by atoms with Crippen LogP contribution in [0.15, 0.2) is 30.9 Å². The van der Waals surface area contributed by atoms with Crippen LogP contribution in [0.25, 0.3) is 11.0 Å². The summed E-state index contributed by atoms with van der Waals surface area (Å²) in [5, 5.41) is 3.14. The largest absolute Gasteiger partial charge is 0.497 e. The van der Waals surface area contributed by atoms with Crippen molar-refractivity contribution in [3.05, 3.63) is 36.5 Å². The van der Waals surface area contributed by atoms with Crippen LogP contribution in [0.5, 0.6) is 11.6 Å². The molecule has 180 valence electrons. The summed E-state index contributed by atoms with van der Waals surface area (Å²) in [6.07, 6.45) is 1.36. The van der Waals surface area contributed by atoms with Gasteiger partial charge in [0.05, 0.1) is 18.1 Å². The number of allylic oxidation sites excluding steroid dienone is 1. The number of hydrogen-bond donors (Lipinski definition) is 1. The van der Waals surface area contributed by atoms with Crippen molar-refractivity contribution >= 4 is 17.0 Å². The van der Waals surface area contributed by atoms with Gasteiger partial charge in [-0.25, -0.2) is 9.97 Å². The maximum Gasteiger partial charge on any atom is 0.324 e. The summed E-state index contributed by atoms with van der Waals surface area (Å²) in [6, 6.07) is 4.18. The van der Waals surface area contributed by atoms with Crippen molar-refractivity contribution < 1.29 is 27.8 Å². The van der Waals surface area contributed by atoms with Crippen molar-refractivity contribution in [2.75, 3.05) is 13.7 Å². The van der Waals surface area contributed by atoms with Gasteiger partial charge in [-0.3, -0.25) is 4.79 Å². The number of aromatic nitrogens is 2. The number of carbonyl (C=O) groups excluding carboxylic acids is 1. The lowest BCUT2D eigenvalue weighted by Crippen LogP contribution is -2.41. The molecule has 7 nitrogen and oxygen atoms in total. The van der Waals surface area contributed by atoms with Crippen molar-refractivity contribution in [1.82, 2.24) is 15.3 Å². The zero-order valence-electron chi connectivity index (χ0n) is 19.7. The normalized spacial score (nSPS) is 21.1. The number of esters is 1. The summed E-state index contributed by atoms with van der Waals surface area (Å²) < 4.78 is 46.2. The molecule has 0 aliphatic carbocycles. The Morgan fingerprint density at radius 3 is 2.61 bits per heavy atom. The van der Waals surface area contributed by atoms with Crippen molar-refractivity contribution in [2.24, 2.45) is 5.92 Å². The average Bonchev–Trinajstić information content (AvgIpc) is 3.14. The minimum Gasteiger partial charge on any atom is -0.497 e. The molecule has 3 rings (SSSR count). The van der Waals surface area contributed by atoms with Crippen LogP contribution >= 0.6 is 0 Å².